The molecule has 0 bridgehead atoms. The SMILES string of the molecule is C=CCCC(=O)N1C(C(=O)OC)CCC1c1ccccc1. The van der Waals surface area contributed by atoms with Crippen LogP contribution in [0.25, 0.3) is 0 Å². The van der Waals surface area contributed by atoms with Crippen molar-refractivity contribution in [2.24, 2.45) is 0 Å². The number of allylic oxidation sites excluding steroid dienone is 1. The predicted molar refractivity (Wildman–Crippen MR) is 80.5 cm³/mol. The summed E-state index contributed by atoms with van der Waals surface area (Å²) < 4.78 is 4.85. The zero-order valence-electron chi connectivity index (χ0n) is 12.3. The number of amides is 1. The zero-order chi connectivity index (χ0) is 15.2. The molecular weight excluding hydrogens is 266 g/mol. The molecule has 1 amide bonds. The summed E-state index contributed by atoms with van der Waals surface area (Å²) >= 11 is 0. The first kappa shape index (κ1) is 15.3. The van der Waals surface area contributed by atoms with Gasteiger partial charge in [0.1, 0.15) is 6.04 Å². The molecule has 1 aliphatic heterocycles. The van der Waals surface area contributed by atoms with E-state index in [1.54, 1.807) is 11.0 Å². The van der Waals surface area contributed by atoms with E-state index in [0.29, 0.717) is 19.3 Å². The summed E-state index contributed by atoms with van der Waals surface area (Å²) in [5.74, 6) is -0.350. The standard InChI is InChI=1S/C17H21NO3/c1-3-4-10-16(19)18-14(13-8-6-5-7-9-13)11-12-15(18)17(20)21-2/h3,5-9,14-15H,1,4,10-12H2,2H3. The van der Waals surface area contributed by atoms with Crippen molar-refractivity contribution < 1.29 is 14.3 Å². The molecular formula is C17H21NO3. The molecule has 1 fully saturated rings. The monoisotopic (exact) mass is 287 g/mol. The van der Waals surface area contributed by atoms with E-state index in [-0.39, 0.29) is 17.9 Å². The molecule has 2 atom stereocenters. The number of esters is 1. The molecule has 0 aliphatic carbocycles. The van der Waals surface area contributed by atoms with Crippen LogP contribution >= 0.6 is 0 Å². The fraction of sp³-hybridized carbons (Fsp3) is 0.412. The first-order chi connectivity index (χ1) is 10.2. The number of carbonyl (C=O) groups is 2. The number of benzene rings is 1. The Morgan fingerprint density at radius 1 is 1.33 bits per heavy atom. The van der Waals surface area contributed by atoms with Crippen LogP contribution in [0.15, 0.2) is 43.0 Å². The first-order valence-corrected chi connectivity index (χ1v) is 7.24. The van der Waals surface area contributed by atoms with Gasteiger partial charge in [-0.2, -0.15) is 0 Å². The van der Waals surface area contributed by atoms with Gasteiger partial charge < -0.3 is 9.64 Å². The highest BCUT2D eigenvalue weighted by Gasteiger charge is 2.41. The first-order valence-electron chi connectivity index (χ1n) is 7.24. The van der Waals surface area contributed by atoms with E-state index in [1.165, 1.54) is 7.11 Å². The lowest BCUT2D eigenvalue weighted by Gasteiger charge is -2.29. The summed E-state index contributed by atoms with van der Waals surface area (Å²) in [7, 11) is 1.37. The summed E-state index contributed by atoms with van der Waals surface area (Å²) in [5, 5.41) is 0. The van der Waals surface area contributed by atoms with Crippen LogP contribution in [0.3, 0.4) is 0 Å². The minimum Gasteiger partial charge on any atom is -0.467 e. The Labute approximate surface area is 125 Å². The quantitative estimate of drug-likeness (QED) is 0.618. The van der Waals surface area contributed by atoms with E-state index in [0.717, 1.165) is 12.0 Å². The molecule has 2 unspecified atom stereocenters. The average molecular weight is 287 g/mol. The largest absolute Gasteiger partial charge is 0.467 e. The van der Waals surface area contributed by atoms with Gasteiger partial charge in [0, 0.05) is 6.42 Å². The van der Waals surface area contributed by atoms with Gasteiger partial charge in [0.15, 0.2) is 0 Å². The van der Waals surface area contributed by atoms with Gasteiger partial charge in [-0.1, -0.05) is 36.4 Å². The highest BCUT2D eigenvalue weighted by atomic mass is 16.5. The van der Waals surface area contributed by atoms with Gasteiger partial charge in [-0.05, 0) is 24.8 Å². The third-order valence-electron chi connectivity index (χ3n) is 3.89. The molecule has 1 saturated heterocycles. The number of hydrogen-bond donors (Lipinski definition) is 0. The van der Waals surface area contributed by atoms with Crippen LogP contribution in [0, 0.1) is 0 Å². The van der Waals surface area contributed by atoms with E-state index in [9.17, 15) is 9.59 Å². The fourth-order valence-electron chi connectivity index (χ4n) is 2.88. The molecule has 1 aliphatic rings. The predicted octanol–water partition coefficient (Wildman–Crippen LogP) is 2.86. The smallest absolute Gasteiger partial charge is 0.328 e. The number of rotatable bonds is 5. The van der Waals surface area contributed by atoms with Gasteiger partial charge in [0.25, 0.3) is 0 Å². The van der Waals surface area contributed by atoms with E-state index < -0.39 is 6.04 Å². The van der Waals surface area contributed by atoms with Crippen LogP contribution in [-0.4, -0.2) is 29.9 Å². The Morgan fingerprint density at radius 2 is 2.05 bits per heavy atom. The van der Waals surface area contributed by atoms with Crippen LogP contribution in [0.5, 0.6) is 0 Å². The third-order valence-corrected chi connectivity index (χ3v) is 3.89. The van der Waals surface area contributed by atoms with Crippen LogP contribution in [0.2, 0.25) is 0 Å². The van der Waals surface area contributed by atoms with Gasteiger partial charge in [-0.25, -0.2) is 4.79 Å². The van der Waals surface area contributed by atoms with E-state index in [1.807, 2.05) is 30.3 Å². The Kier molecular flexibility index (Phi) is 5.14. The molecule has 1 aromatic rings. The number of methoxy groups -OCH3 is 1. The van der Waals surface area contributed by atoms with Crippen molar-refractivity contribution in [1.82, 2.24) is 4.90 Å². The van der Waals surface area contributed by atoms with Crippen LogP contribution in [-0.2, 0) is 14.3 Å². The number of likely N-dealkylation sites (tertiary alicyclic amines) is 1. The second-order valence-electron chi connectivity index (χ2n) is 5.17. The number of hydrogen-bond acceptors (Lipinski definition) is 3. The molecule has 0 aromatic heterocycles. The van der Waals surface area contributed by atoms with Crippen molar-refractivity contribution in [1.29, 1.82) is 0 Å². The van der Waals surface area contributed by atoms with Crippen molar-refractivity contribution >= 4 is 11.9 Å². The van der Waals surface area contributed by atoms with E-state index >= 15 is 0 Å². The number of carbonyl (C=O) groups excluding carboxylic acids is 2. The number of ether oxygens (including phenoxy) is 1. The maximum absolute atomic E-state index is 12.5. The molecule has 0 saturated carbocycles. The summed E-state index contributed by atoms with van der Waals surface area (Å²) in [4.78, 5) is 26.1. The molecule has 0 radical (unpaired) electrons. The second kappa shape index (κ2) is 7.07. The van der Waals surface area contributed by atoms with Gasteiger partial charge >= 0.3 is 5.97 Å². The van der Waals surface area contributed by atoms with Gasteiger partial charge in [-0.3, -0.25) is 4.79 Å². The molecule has 1 heterocycles. The summed E-state index contributed by atoms with van der Waals surface area (Å²) in [6.45, 7) is 3.64. The van der Waals surface area contributed by atoms with Crippen LogP contribution in [0.1, 0.15) is 37.3 Å². The highest BCUT2D eigenvalue weighted by molar-refractivity contribution is 5.85. The van der Waals surface area contributed by atoms with Crippen molar-refractivity contribution in [3.05, 3.63) is 48.6 Å². The van der Waals surface area contributed by atoms with Crippen molar-refractivity contribution in [2.45, 2.75) is 37.8 Å². The minimum atomic E-state index is -0.475. The molecule has 0 N–H and O–H groups in total. The molecule has 0 spiro atoms. The van der Waals surface area contributed by atoms with E-state index in [4.69, 9.17) is 4.74 Å². The molecule has 2 rings (SSSR count). The fourth-order valence-corrected chi connectivity index (χ4v) is 2.88. The molecule has 4 heteroatoms. The summed E-state index contributed by atoms with van der Waals surface area (Å²) in [6.07, 6.45) is 4.14. The van der Waals surface area contributed by atoms with Crippen LogP contribution < -0.4 is 0 Å². The minimum absolute atomic E-state index is 0.0170. The highest BCUT2D eigenvalue weighted by Crippen LogP contribution is 2.37. The Morgan fingerprint density at radius 3 is 2.67 bits per heavy atom. The Balaban J connectivity index is 2.25. The second-order valence-corrected chi connectivity index (χ2v) is 5.17. The molecule has 112 valence electrons. The van der Waals surface area contributed by atoms with Crippen molar-refractivity contribution in [3.8, 4) is 0 Å². The van der Waals surface area contributed by atoms with E-state index in [2.05, 4.69) is 6.58 Å². The lowest BCUT2D eigenvalue weighted by molar-refractivity contribution is -0.152. The molecule has 1 aromatic carbocycles. The third kappa shape index (κ3) is 3.32. The average Bonchev–Trinajstić information content (AvgIpc) is 2.97. The van der Waals surface area contributed by atoms with Crippen molar-refractivity contribution in [2.75, 3.05) is 7.11 Å². The Hall–Kier alpha value is -2.10. The van der Waals surface area contributed by atoms with Gasteiger partial charge in [-0.15, -0.1) is 6.58 Å². The number of nitrogens with zero attached hydrogens (tertiary/aromatic N) is 1. The summed E-state index contributed by atoms with van der Waals surface area (Å²) in [5.41, 5.74) is 1.07. The molecule has 21 heavy (non-hydrogen) atoms. The maximum atomic E-state index is 12.5. The topological polar surface area (TPSA) is 46.6 Å². The zero-order valence-corrected chi connectivity index (χ0v) is 12.3. The summed E-state index contributed by atoms with van der Waals surface area (Å²) in [6, 6.07) is 9.32. The Bertz CT molecular complexity index is 512. The van der Waals surface area contributed by atoms with Crippen LogP contribution in [0.4, 0.5) is 0 Å². The molecule has 4 nitrogen and oxygen atoms in total. The normalized spacial score (nSPS) is 21.1. The van der Waals surface area contributed by atoms with Crippen molar-refractivity contribution in [3.63, 3.8) is 0 Å². The van der Waals surface area contributed by atoms with Gasteiger partial charge in [0.2, 0.25) is 5.91 Å². The lowest BCUT2D eigenvalue weighted by atomic mass is 10.0. The van der Waals surface area contributed by atoms with Gasteiger partial charge in [0.05, 0.1) is 13.2 Å². The lowest BCUT2D eigenvalue weighted by Crippen LogP contribution is -2.42. The maximum Gasteiger partial charge on any atom is 0.328 e.